The van der Waals surface area contributed by atoms with Crippen molar-refractivity contribution in [2.24, 2.45) is 0 Å². The summed E-state index contributed by atoms with van der Waals surface area (Å²) in [6.45, 7) is 1.92. The van der Waals surface area contributed by atoms with Crippen molar-refractivity contribution >= 4 is 34.6 Å². The molecule has 0 amide bonds. The lowest BCUT2D eigenvalue weighted by Gasteiger charge is -2.15. The first kappa shape index (κ1) is 12.9. The van der Waals surface area contributed by atoms with E-state index in [1.807, 2.05) is 12.3 Å². The van der Waals surface area contributed by atoms with Crippen molar-refractivity contribution in [3.05, 3.63) is 45.4 Å². The van der Waals surface area contributed by atoms with E-state index in [1.165, 1.54) is 11.3 Å². The van der Waals surface area contributed by atoms with Gasteiger partial charge in [0.25, 0.3) is 0 Å². The van der Waals surface area contributed by atoms with Crippen molar-refractivity contribution < 1.29 is 9.90 Å². The van der Waals surface area contributed by atoms with Gasteiger partial charge in [0.1, 0.15) is 10.6 Å². The summed E-state index contributed by atoms with van der Waals surface area (Å²) < 4.78 is 0. The van der Waals surface area contributed by atoms with Crippen molar-refractivity contribution in [2.75, 3.05) is 5.32 Å². The van der Waals surface area contributed by atoms with E-state index >= 15 is 0 Å². The zero-order valence-corrected chi connectivity index (χ0v) is 11.1. The second-order valence-electron chi connectivity index (χ2n) is 3.70. The fourth-order valence-electron chi connectivity index (χ4n) is 1.61. The number of rotatable bonds is 4. The fraction of sp³-hybridized carbons (Fsp3) is 0.167. The molecule has 1 aromatic carbocycles. The highest BCUT2D eigenvalue weighted by Crippen LogP contribution is 2.28. The fourth-order valence-corrected chi connectivity index (χ4v) is 2.51. The van der Waals surface area contributed by atoms with E-state index in [2.05, 4.69) is 10.3 Å². The quantitative estimate of drug-likeness (QED) is 0.898. The minimum absolute atomic E-state index is 0.0680. The van der Waals surface area contributed by atoms with Gasteiger partial charge in [0, 0.05) is 11.6 Å². The molecule has 94 valence electrons. The van der Waals surface area contributed by atoms with Crippen LogP contribution in [-0.4, -0.2) is 16.1 Å². The third kappa shape index (κ3) is 2.63. The van der Waals surface area contributed by atoms with Crippen LogP contribution in [0.5, 0.6) is 0 Å². The van der Waals surface area contributed by atoms with Gasteiger partial charge in [0.05, 0.1) is 16.8 Å². The highest BCUT2D eigenvalue weighted by Gasteiger charge is 2.16. The molecule has 0 aliphatic carbocycles. The van der Waals surface area contributed by atoms with Gasteiger partial charge in [-0.05, 0) is 19.1 Å². The number of nitrogens with one attached hydrogen (secondary N) is 1. The highest BCUT2D eigenvalue weighted by atomic mass is 35.5. The van der Waals surface area contributed by atoms with Crippen molar-refractivity contribution in [2.45, 2.75) is 13.0 Å². The molecular formula is C12H11ClN2O2S. The van der Waals surface area contributed by atoms with Gasteiger partial charge in [0.15, 0.2) is 0 Å². The number of hydrogen-bond acceptors (Lipinski definition) is 4. The first-order chi connectivity index (χ1) is 8.59. The SMILES string of the molecule is CC(Nc1cccc(Cl)c1C(=O)O)c1nccs1. The van der Waals surface area contributed by atoms with Crippen LogP contribution in [0.15, 0.2) is 29.8 Å². The summed E-state index contributed by atoms with van der Waals surface area (Å²) in [5.74, 6) is -1.05. The Bertz CT molecular complexity index is 557. The standard InChI is InChI=1S/C12H11ClN2O2S/c1-7(11-14-5-6-18-11)15-9-4-2-3-8(13)10(9)12(16)17/h2-7,15H,1H3,(H,16,17). The number of carboxylic acids is 1. The number of aromatic nitrogens is 1. The molecule has 0 bridgehead atoms. The van der Waals surface area contributed by atoms with Gasteiger partial charge in [0.2, 0.25) is 0 Å². The lowest BCUT2D eigenvalue weighted by atomic mass is 10.1. The Balaban J connectivity index is 2.29. The molecule has 4 nitrogen and oxygen atoms in total. The maximum atomic E-state index is 11.2. The summed E-state index contributed by atoms with van der Waals surface area (Å²) in [7, 11) is 0. The van der Waals surface area contributed by atoms with E-state index in [-0.39, 0.29) is 16.6 Å². The van der Waals surface area contributed by atoms with E-state index in [1.54, 1.807) is 24.4 Å². The van der Waals surface area contributed by atoms with Crippen molar-refractivity contribution in [1.82, 2.24) is 4.98 Å². The summed E-state index contributed by atoms with van der Waals surface area (Å²) in [6, 6.07) is 4.90. The Labute approximate surface area is 113 Å². The molecule has 0 spiro atoms. The van der Waals surface area contributed by atoms with E-state index in [0.717, 1.165) is 5.01 Å². The van der Waals surface area contributed by atoms with E-state index in [4.69, 9.17) is 16.7 Å². The molecule has 0 fully saturated rings. The lowest BCUT2D eigenvalue weighted by molar-refractivity contribution is 0.0698. The molecule has 1 heterocycles. The Kier molecular flexibility index (Phi) is 3.84. The smallest absolute Gasteiger partial charge is 0.339 e. The van der Waals surface area contributed by atoms with Crippen LogP contribution in [0.3, 0.4) is 0 Å². The third-order valence-electron chi connectivity index (χ3n) is 2.42. The third-order valence-corrected chi connectivity index (χ3v) is 3.69. The van der Waals surface area contributed by atoms with Crippen LogP contribution < -0.4 is 5.32 Å². The summed E-state index contributed by atoms with van der Waals surface area (Å²) in [4.78, 5) is 15.4. The first-order valence-corrected chi connectivity index (χ1v) is 6.53. The monoisotopic (exact) mass is 282 g/mol. The molecule has 0 saturated carbocycles. The number of nitrogens with zero attached hydrogens (tertiary/aromatic N) is 1. The van der Waals surface area contributed by atoms with E-state index < -0.39 is 5.97 Å². The molecular weight excluding hydrogens is 272 g/mol. The van der Waals surface area contributed by atoms with Crippen LogP contribution in [0, 0.1) is 0 Å². The van der Waals surface area contributed by atoms with Gasteiger partial charge in [-0.1, -0.05) is 17.7 Å². The summed E-state index contributed by atoms with van der Waals surface area (Å²) in [6.07, 6.45) is 1.72. The number of aromatic carboxylic acids is 1. The lowest BCUT2D eigenvalue weighted by Crippen LogP contribution is -2.10. The molecule has 1 unspecified atom stereocenters. The Morgan fingerprint density at radius 2 is 2.33 bits per heavy atom. The summed E-state index contributed by atoms with van der Waals surface area (Å²) in [5.41, 5.74) is 0.584. The minimum Gasteiger partial charge on any atom is -0.478 e. The molecule has 2 aromatic rings. The molecule has 1 aromatic heterocycles. The van der Waals surface area contributed by atoms with Gasteiger partial charge >= 0.3 is 5.97 Å². The summed E-state index contributed by atoms with van der Waals surface area (Å²) in [5, 5.41) is 15.3. The van der Waals surface area contributed by atoms with Crippen molar-refractivity contribution in [1.29, 1.82) is 0 Å². The van der Waals surface area contributed by atoms with Crippen LogP contribution in [-0.2, 0) is 0 Å². The second kappa shape index (κ2) is 5.37. The Morgan fingerprint density at radius 1 is 1.56 bits per heavy atom. The molecule has 6 heteroatoms. The molecule has 1 atom stereocenters. The second-order valence-corrected chi connectivity index (χ2v) is 5.04. The number of thiazole rings is 1. The average molecular weight is 283 g/mol. The normalized spacial score (nSPS) is 12.1. The molecule has 2 rings (SSSR count). The molecule has 0 aliphatic heterocycles. The number of anilines is 1. The van der Waals surface area contributed by atoms with Crippen molar-refractivity contribution in [3.63, 3.8) is 0 Å². The average Bonchev–Trinajstić information content (AvgIpc) is 2.81. The van der Waals surface area contributed by atoms with Gasteiger partial charge in [-0.15, -0.1) is 11.3 Å². The van der Waals surface area contributed by atoms with E-state index in [9.17, 15) is 4.79 Å². The minimum atomic E-state index is -1.05. The van der Waals surface area contributed by atoms with Crippen LogP contribution >= 0.6 is 22.9 Å². The van der Waals surface area contributed by atoms with Gasteiger partial charge < -0.3 is 10.4 Å². The molecule has 0 saturated heterocycles. The predicted octanol–water partition coefficient (Wildman–Crippen LogP) is 3.67. The Morgan fingerprint density at radius 3 is 2.94 bits per heavy atom. The van der Waals surface area contributed by atoms with Crippen LogP contribution in [0.1, 0.15) is 28.3 Å². The topological polar surface area (TPSA) is 62.2 Å². The molecule has 0 aliphatic rings. The van der Waals surface area contributed by atoms with Crippen LogP contribution in [0.2, 0.25) is 5.02 Å². The highest BCUT2D eigenvalue weighted by molar-refractivity contribution is 7.09. The Hall–Kier alpha value is -1.59. The maximum Gasteiger partial charge on any atom is 0.339 e. The zero-order chi connectivity index (χ0) is 13.1. The van der Waals surface area contributed by atoms with Crippen LogP contribution in [0.25, 0.3) is 0 Å². The molecule has 0 radical (unpaired) electrons. The number of carboxylic acid groups (broad SMARTS) is 1. The molecule has 2 N–H and O–H groups in total. The number of halogens is 1. The number of hydrogen-bond donors (Lipinski definition) is 2. The first-order valence-electron chi connectivity index (χ1n) is 5.27. The number of benzene rings is 1. The van der Waals surface area contributed by atoms with Crippen molar-refractivity contribution in [3.8, 4) is 0 Å². The number of carbonyl (C=O) groups is 1. The van der Waals surface area contributed by atoms with Gasteiger partial charge in [-0.3, -0.25) is 0 Å². The maximum absolute atomic E-state index is 11.2. The zero-order valence-electron chi connectivity index (χ0n) is 9.55. The van der Waals surface area contributed by atoms with Crippen LogP contribution in [0.4, 0.5) is 5.69 Å². The largest absolute Gasteiger partial charge is 0.478 e. The van der Waals surface area contributed by atoms with Gasteiger partial charge in [-0.2, -0.15) is 0 Å². The predicted molar refractivity (Wildman–Crippen MR) is 72.6 cm³/mol. The summed E-state index contributed by atoms with van der Waals surface area (Å²) >= 11 is 7.41. The van der Waals surface area contributed by atoms with Gasteiger partial charge in [-0.25, -0.2) is 9.78 Å². The molecule has 18 heavy (non-hydrogen) atoms. The van der Waals surface area contributed by atoms with E-state index in [0.29, 0.717) is 5.69 Å².